The summed E-state index contributed by atoms with van der Waals surface area (Å²) in [6.45, 7) is 23.7. The van der Waals surface area contributed by atoms with Gasteiger partial charge in [-0.2, -0.15) is 0 Å². The van der Waals surface area contributed by atoms with Crippen molar-refractivity contribution in [2.75, 3.05) is 0 Å². The number of carbonyl (C=O) groups is 1. The second-order valence-electron chi connectivity index (χ2n) is 13.1. The molecule has 1 atom stereocenters. The summed E-state index contributed by atoms with van der Waals surface area (Å²) in [7, 11) is -0.1000. The Balaban J connectivity index is 1.82. The molecule has 0 spiro atoms. The summed E-state index contributed by atoms with van der Waals surface area (Å²) >= 11 is 0. The van der Waals surface area contributed by atoms with E-state index in [-0.39, 0.29) is 41.3 Å². The number of unbranched alkanes of at least 4 members (excludes halogenated alkanes) is 1. The molecular weight excluding hydrogens is 389 g/mol. The number of nitrogens with one attached hydrogen (secondary N) is 1. The molecule has 1 saturated heterocycles. The second kappa shape index (κ2) is 8.89. The molecule has 0 aromatic carbocycles. The average molecular weight is 437 g/mol. The topological polar surface area (TPSA) is 56.8 Å². The third-order valence-corrected chi connectivity index (χ3v) is 8.16. The fourth-order valence-corrected chi connectivity index (χ4v) is 4.81. The molecule has 0 aromatic heterocycles. The van der Waals surface area contributed by atoms with Crippen molar-refractivity contribution >= 4 is 13.2 Å². The van der Waals surface area contributed by atoms with Crippen molar-refractivity contribution < 1.29 is 18.8 Å². The molecule has 1 N–H and O–H groups in total. The Bertz CT molecular complexity index is 612. The molecule has 1 saturated carbocycles. The molecule has 1 unspecified atom stereocenters. The Morgan fingerprint density at radius 2 is 1.48 bits per heavy atom. The fraction of sp³-hybridized carbons (Fsp3) is 0.960. The first-order chi connectivity index (χ1) is 13.9. The van der Waals surface area contributed by atoms with Crippen molar-refractivity contribution in [1.82, 2.24) is 5.32 Å². The molecule has 2 rings (SSSR count). The van der Waals surface area contributed by atoms with E-state index >= 15 is 0 Å². The average Bonchev–Trinajstić information content (AvgIpc) is 2.71. The summed E-state index contributed by atoms with van der Waals surface area (Å²) in [5, 5.41) is 3.05. The summed E-state index contributed by atoms with van der Waals surface area (Å²) in [5.74, 6) is 0.615. The maximum Gasteiger partial charge on any atom is 0.457 e. The third kappa shape index (κ3) is 6.40. The smallest absolute Gasteiger partial charge is 0.444 e. The van der Waals surface area contributed by atoms with E-state index in [1.807, 2.05) is 20.8 Å². The van der Waals surface area contributed by atoms with E-state index in [4.69, 9.17) is 14.0 Å². The first kappa shape index (κ1) is 26.5. The zero-order chi connectivity index (χ0) is 23.9. The molecule has 180 valence electrons. The number of amides is 1. The van der Waals surface area contributed by atoms with Crippen molar-refractivity contribution in [3.8, 4) is 0 Å². The van der Waals surface area contributed by atoms with Crippen molar-refractivity contribution in [2.24, 2.45) is 16.7 Å². The first-order valence-corrected chi connectivity index (χ1v) is 12.2. The van der Waals surface area contributed by atoms with Gasteiger partial charge in [-0.15, -0.1) is 0 Å². The molecule has 0 bridgehead atoms. The Morgan fingerprint density at radius 3 is 1.94 bits per heavy atom. The third-order valence-electron chi connectivity index (χ3n) is 8.16. The van der Waals surface area contributed by atoms with E-state index in [1.54, 1.807) is 0 Å². The monoisotopic (exact) mass is 437 g/mol. The van der Waals surface area contributed by atoms with Gasteiger partial charge in [0.1, 0.15) is 5.60 Å². The molecule has 31 heavy (non-hydrogen) atoms. The Morgan fingerprint density at radius 1 is 0.968 bits per heavy atom. The molecule has 2 aliphatic rings. The summed E-state index contributed by atoms with van der Waals surface area (Å²) in [6, 6.07) is 0.228. The Labute approximate surface area is 191 Å². The highest BCUT2D eigenvalue weighted by molar-refractivity contribution is 6.45. The second-order valence-corrected chi connectivity index (χ2v) is 13.1. The van der Waals surface area contributed by atoms with Gasteiger partial charge in [0.2, 0.25) is 0 Å². The van der Waals surface area contributed by atoms with Gasteiger partial charge in [0.05, 0.1) is 11.2 Å². The first-order valence-electron chi connectivity index (χ1n) is 12.2. The van der Waals surface area contributed by atoms with Crippen LogP contribution >= 0.6 is 0 Å². The van der Waals surface area contributed by atoms with Gasteiger partial charge in [0.25, 0.3) is 0 Å². The van der Waals surface area contributed by atoms with Crippen LogP contribution in [0.4, 0.5) is 4.79 Å². The lowest BCUT2D eigenvalue weighted by atomic mass is 9.52. The standard InChI is InChI=1S/C25H48BNO4/c1-21(2,3)25(11,18-16-19(17-18)27-20(28)29-22(4,5)6)14-12-13-15-26-30-23(7,8)24(9,10)31-26/h18-19H,12-17H2,1-11H3,(H,27,28). The highest BCUT2D eigenvalue weighted by Gasteiger charge is 2.51. The van der Waals surface area contributed by atoms with Gasteiger partial charge in [-0.25, -0.2) is 4.79 Å². The molecular formula is C25H48BNO4. The molecule has 1 aliphatic heterocycles. The molecule has 0 radical (unpaired) electrons. The van der Waals surface area contributed by atoms with Crippen LogP contribution < -0.4 is 5.32 Å². The summed E-state index contributed by atoms with van der Waals surface area (Å²) in [6.07, 6.45) is 6.16. The minimum absolute atomic E-state index is 0.1000. The van der Waals surface area contributed by atoms with Crippen molar-refractivity contribution in [1.29, 1.82) is 0 Å². The molecule has 2 fully saturated rings. The van der Waals surface area contributed by atoms with E-state index in [9.17, 15) is 4.79 Å². The Kier molecular flexibility index (Phi) is 7.60. The largest absolute Gasteiger partial charge is 0.457 e. The SMILES string of the molecule is CC(C)(C)OC(=O)NC1CC(C(C)(CCCCB2OC(C)(C)C(C)(C)O2)C(C)(C)C)C1. The zero-order valence-electron chi connectivity index (χ0n) is 22.1. The number of carbonyl (C=O) groups excluding carboxylic acids is 1. The van der Waals surface area contributed by atoms with Crippen LogP contribution in [-0.2, 0) is 14.0 Å². The molecule has 6 heteroatoms. The van der Waals surface area contributed by atoms with Crippen molar-refractivity contribution in [3.05, 3.63) is 0 Å². The minimum atomic E-state index is -0.454. The van der Waals surface area contributed by atoms with Crippen molar-refractivity contribution in [3.63, 3.8) is 0 Å². The fourth-order valence-electron chi connectivity index (χ4n) is 4.81. The van der Waals surface area contributed by atoms with Crippen LogP contribution in [0.25, 0.3) is 0 Å². The van der Waals surface area contributed by atoms with E-state index in [0.717, 1.165) is 25.6 Å². The van der Waals surface area contributed by atoms with E-state index in [2.05, 4.69) is 60.7 Å². The number of rotatable bonds is 7. The van der Waals surface area contributed by atoms with Gasteiger partial charge < -0.3 is 19.4 Å². The number of ether oxygens (including phenoxy) is 1. The van der Waals surface area contributed by atoms with Gasteiger partial charge >= 0.3 is 13.2 Å². The van der Waals surface area contributed by atoms with E-state index in [1.165, 1.54) is 12.8 Å². The summed E-state index contributed by atoms with van der Waals surface area (Å²) in [5.41, 5.74) is -0.516. The van der Waals surface area contributed by atoms with Crippen LogP contribution in [0.1, 0.15) is 108 Å². The van der Waals surface area contributed by atoms with Gasteiger partial charge in [0.15, 0.2) is 0 Å². The zero-order valence-corrected chi connectivity index (χ0v) is 22.1. The van der Waals surface area contributed by atoms with Crippen LogP contribution in [0, 0.1) is 16.7 Å². The molecule has 1 amide bonds. The number of hydrogen-bond donors (Lipinski definition) is 1. The van der Waals surface area contributed by atoms with Crippen LogP contribution in [0.5, 0.6) is 0 Å². The van der Waals surface area contributed by atoms with Crippen LogP contribution in [0.3, 0.4) is 0 Å². The quantitative estimate of drug-likeness (QED) is 0.360. The summed E-state index contributed by atoms with van der Waals surface area (Å²) in [4.78, 5) is 12.1. The van der Waals surface area contributed by atoms with Gasteiger partial charge in [-0.05, 0) is 90.8 Å². The van der Waals surface area contributed by atoms with Gasteiger partial charge in [-0.3, -0.25) is 0 Å². The van der Waals surface area contributed by atoms with Crippen LogP contribution in [0.15, 0.2) is 0 Å². The lowest BCUT2D eigenvalue weighted by Gasteiger charge is -2.54. The van der Waals surface area contributed by atoms with Crippen LogP contribution in [-0.4, -0.2) is 36.1 Å². The molecule has 0 aromatic rings. The predicted octanol–water partition coefficient (Wildman–Crippen LogP) is 6.60. The lowest BCUT2D eigenvalue weighted by Crippen LogP contribution is -2.53. The predicted molar refractivity (Wildman–Crippen MR) is 128 cm³/mol. The maximum absolute atomic E-state index is 12.1. The van der Waals surface area contributed by atoms with Gasteiger partial charge in [-0.1, -0.05) is 40.5 Å². The van der Waals surface area contributed by atoms with Gasteiger partial charge in [0, 0.05) is 6.04 Å². The van der Waals surface area contributed by atoms with E-state index < -0.39 is 5.60 Å². The normalized spacial score (nSPS) is 27.4. The molecule has 1 heterocycles. The maximum atomic E-state index is 12.1. The molecule has 5 nitrogen and oxygen atoms in total. The van der Waals surface area contributed by atoms with Crippen molar-refractivity contribution in [2.45, 2.75) is 137 Å². The minimum Gasteiger partial charge on any atom is -0.444 e. The van der Waals surface area contributed by atoms with E-state index in [0.29, 0.717) is 5.92 Å². The number of alkyl carbamates (subject to hydrolysis) is 1. The summed E-state index contributed by atoms with van der Waals surface area (Å²) < 4.78 is 17.7. The number of hydrogen-bond acceptors (Lipinski definition) is 4. The Hall–Kier alpha value is -0.745. The highest BCUT2D eigenvalue weighted by atomic mass is 16.7. The van der Waals surface area contributed by atoms with Crippen LogP contribution in [0.2, 0.25) is 6.32 Å². The lowest BCUT2D eigenvalue weighted by molar-refractivity contribution is -0.0345. The molecule has 1 aliphatic carbocycles. The highest BCUT2D eigenvalue weighted by Crippen LogP contribution is 2.55.